The lowest BCUT2D eigenvalue weighted by Gasteiger charge is -2.12. The zero-order chi connectivity index (χ0) is 27.6. The molecule has 0 saturated heterocycles. The first-order valence-corrected chi connectivity index (χ1v) is 11.2. The van der Waals surface area contributed by atoms with E-state index in [2.05, 4.69) is 25.9 Å². The van der Waals surface area contributed by atoms with E-state index in [0.29, 0.717) is 40.7 Å². The van der Waals surface area contributed by atoms with E-state index >= 15 is 0 Å². The zero-order valence-corrected chi connectivity index (χ0v) is 20.8. The van der Waals surface area contributed by atoms with Gasteiger partial charge in [-0.2, -0.15) is 13.2 Å². The Labute approximate surface area is 229 Å². The molecule has 3 amide bonds. The van der Waals surface area contributed by atoms with Crippen molar-refractivity contribution in [2.75, 3.05) is 16.0 Å². The van der Waals surface area contributed by atoms with Gasteiger partial charge in [0.25, 0.3) is 5.91 Å². The van der Waals surface area contributed by atoms with Gasteiger partial charge in [-0.1, -0.05) is 0 Å². The molecule has 40 heavy (non-hydrogen) atoms. The number of imidazole rings is 1. The quantitative estimate of drug-likeness (QED) is 0.157. The molecule has 0 bridgehead atoms. The maximum absolute atomic E-state index is 13.9. The van der Waals surface area contributed by atoms with Crippen molar-refractivity contribution in [2.45, 2.75) is 6.18 Å². The molecule has 5 rings (SSSR count). The van der Waals surface area contributed by atoms with E-state index in [9.17, 15) is 27.2 Å². The van der Waals surface area contributed by atoms with Gasteiger partial charge in [0.15, 0.2) is 5.76 Å². The van der Waals surface area contributed by atoms with Gasteiger partial charge in [0.1, 0.15) is 17.3 Å². The van der Waals surface area contributed by atoms with Gasteiger partial charge in [-0.25, -0.2) is 14.2 Å². The summed E-state index contributed by atoms with van der Waals surface area (Å²) in [7, 11) is 0. The van der Waals surface area contributed by atoms with Gasteiger partial charge in [-0.3, -0.25) is 10.1 Å². The topological polar surface area (TPSA) is 121 Å². The van der Waals surface area contributed by atoms with E-state index in [1.807, 2.05) is 0 Å². The molecule has 0 radical (unpaired) electrons. The van der Waals surface area contributed by atoms with Crippen LogP contribution in [0.15, 0.2) is 83.5 Å². The minimum atomic E-state index is -4.68. The van der Waals surface area contributed by atoms with Crippen LogP contribution >= 0.6 is 12.4 Å². The number of aromatic nitrogens is 2. The van der Waals surface area contributed by atoms with Crippen LogP contribution < -0.4 is 20.7 Å². The number of urea groups is 1. The normalized spacial score (nSPS) is 11.0. The third-order valence-corrected chi connectivity index (χ3v) is 5.32. The summed E-state index contributed by atoms with van der Waals surface area (Å²) in [5, 5.41) is 7.08. The number of rotatable bonds is 6. The summed E-state index contributed by atoms with van der Waals surface area (Å²) >= 11 is 0. The molecule has 0 saturated carbocycles. The lowest BCUT2D eigenvalue weighted by molar-refractivity contribution is -0.137. The molecule has 0 atom stereocenters. The van der Waals surface area contributed by atoms with Gasteiger partial charge in [0.05, 0.1) is 28.5 Å². The molecule has 0 aliphatic carbocycles. The van der Waals surface area contributed by atoms with Gasteiger partial charge in [0.2, 0.25) is 5.95 Å². The van der Waals surface area contributed by atoms with Crippen LogP contribution in [0, 0.1) is 5.82 Å². The van der Waals surface area contributed by atoms with Crippen molar-refractivity contribution in [3.63, 3.8) is 0 Å². The number of fused-ring (bicyclic) bond motifs is 1. The molecule has 0 unspecified atom stereocenters. The molecule has 4 N–H and O–H groups in total. The van der Waals surface area contributed by atoms with Crippen molar-refractivity contribution in [3.05, 3.63) is 96.2 Å². The number of halogens is 5. The first-order chi connectivity index (χ1) is 18.6. The number of amides is 3. The van der Waals surface area contributed by atoms with Crippen molar-refractivity contribution in [1.82, 2.24) is 9.97 Å². The van der Waals surface area contributed by atoms with Crippen molar-refractivity contribution in [1.29, 1.82) is 0 Å². The number of carbonyl (C=O) groups is 2. The summed E-state index contributed by atoms with van der Waals surface area (Å²) in [6.45, 7) is 0. The number of furan rings is 1. The van der Waals surface area contributed by atoms with Crippen molar-refractivity contribution < 1.29 is 36.3 Å². The number of hydrogen-bond donors (Lipinski definition) is 4. The van der Waals surface area contributed by atoms with E-state index in [4.69, 9.17) is 9.15 Å². The summed E-state index contributed by atoms with van der Waals surface area (Å²) < 4.78 is 63.3. The van der Waals surface area contributed by atoms with Gasteiger partial charge in [-0.05, 0) is 66.7 Å². The molecule has 2 heterocycles. The van der Waals surface area contributed by atoms with Crippen LogP contribution in [0.25, 0.3) is 11.0 Å². The molecule has 206 valence electrons. The largest absolute Gasteiger partial charge is 0.459 e. The second-order valence-corrected chi connectivity index (χ2v) is 8.09. The van der Waals surface area contributed by atoms with E-state index < -0.39 is 35.2 Å². The number of nitrogens with zero attached hydrogens (tertiary/aromatic N) is 1. The van der Waals surface area contributed by atoms with E-state index in [1.165, 1.54) is 24.5 Å². The molecule has 9 nitrogen and oxygen atoms in total. The molecule has 0 aliphatic heterocycles. The highest BCUT2D eigenvalue weighted by Gasteiger charge is 2.31. The summed E-state index contributed by atoms with van der Waals surface area (Å²) in [5.41, 5.74) is -0.240. The summed E-state index contributed by atoms with van der Waals surface area (Å²) in [5.74, 6) is -0.246. The Bertz CT molecular complexity index is 1650. The molecular formula is C26H18ClF4N5O4. The highest BCUT2D eigenvalue weighted by Crippen LogP contribution is 2.32. The molecule has 14 heteroatoms. The fourth-order valence-corrected chi connectivity index (χ4v) is 3.51. The number of aromatic amines is 1. The Morgan fingerprint density at radius 2 is 1.65 bits per heavy atom. The molecule has 0 spiro atoms. The van der Waals surface area contributed by atoms with Crippen LogP contribution in [0.1, 0.15) is 16.1 Å². The van der Waals surface area contributed by atoms with E-state index in [0.717, 1.165) is 0 Å². The second-order valence-electron chi connectivity index (χ2n) is 8.09. The number of anilines is 3. The number of carbonyl (C=O) groups excluding carboxylic acids is 2. The third kappa shape index (κ3) is 6.50. The Hall–Kier alpha value is -5.04. The lowest BCUT2D eigenvalue weighted by Crippen LogP contribution is -2.20. The number of H-pyrrole nitrogens is 1. The second kappa shape index (κ2) is 11.4. The Morgan fingerprint density at radius 1 is 0.900 bits per heavy atom. The standard InChI is InChI=1S/C26H17F4N5O4.ClH/c27-18-9-3-14(26(28,29)30)12-20(18)34-25(37)31-15-4-6-16(7-5-15)39-17-8-10-19-21(13-17)33-24(32-19)35-23(36)22-2-1-11-38-22;/h1-13H,(H2,31,34,37)(H2,32,33,35,36);1H. The smallest absolute Gasteiger partial charge is 0.416 e. The average Bonchev–Trinajstić information content (AvgIpc) is 3.56. The zero-order valence-electron chi connectivity index (χ0n) is 20.0. The maximum Gasteiger partial charge on any atom is 0.416 e. The van der Waals surface area contributed by atoms with Crippen LogP contribution in [0.2, 0.25) is 0 Å². The van der Waals surface area contributed by atoms with Crippen molar-refractivity contribution in [2.24, 2.45) is 0 Å². The minimum Gasteiger partial charge on any atom is -0.459 e. The molecule has 0 fully saturated rings. The van der Waals surface area contributed by atoms with Crippen LogP contribution in [0.5, 0.6) is 11.5 Å². The first-order valence-electron chi connectivity index (χ1n) is 11.2. The van der Waals surface area contributed by atoms with Gasteiger partial charge < -0.3 is 24.8 Å². The van der Waals surface area contributed by atoms with E-state index in [1.54, 1.807) is 36.4 Å². The molecule has 2 aromatic heterocycles. The number of ether oxygens (including phenoxy) is 1. The van der Waals surface area contributed by atoms with Gasteiger partial charge >= 0.3 is 12.2 Å². The van der Waals surface area contributed by atoms with Crippen LogP contribution in [0.4, 0.5) is 39.7 Å². The monoisotopic (exact) mass is 575 g/mol. The van der Waals surface area contributed by atoms with Gasteiger partial charge in [0, 0.05) is 11.8 Å². The van der Waals surface area contributed by atoms with Crippen LogP contribution in [0.3, 0.4) is 0 Å². The predicted molar refractivity (Wildman–Crippen MR) is 141 cm³/mol. The highest BCUT2D eigenvalue weighted by molar-refractivity contribution is 6.02. The summed E-state index contributed by atoms with van der Waals surface area (Å²) in [6.07, 6.45) is -3.30. The number of hydrogen-bond acceptors (Lipinski definition) is 5. The number of alkyl halides is 3. The van der Waals surface area contributed by atoms with Crippen LogP contribution in [-0.2, 0) is 6.18 Å². The first kappa shape index (κ1) is 28.0. The van der Waals surface area contributed by atoms with E-state index in [-0.39, 0.29) is 29.8 Å². The van der Waals surface area contributed by atoms with Crippen molar-refractivity contribution >= 4 is 52.7 Å². The highest BCUT2D eigenvalue weighted by atomic mass is 35.5. The van der Waals surface area contributed by atoms with Crippen LogP contribution in [-0.4, -0.2) is 21.9 Å². The summed E-state index contributed by atoms with van der Waals surface area (Å²) in [6, 6.07) is 15.0. The molecule has 5 aromatic rings. The predicted octanol–water partition coefficient (Wildman–Crippen LogP) is 7.42. The Kier molecular flexibility index (Phi) is 7.95. The number of nitrogens with one attached hydrogen (secondary N) is 4. The number of benzene rings is 3. The third-order valence-electron chi connectivity index (χ3n) is 5.32. The SMILES string of the molecule is Cl.O=C(Nc1ccc(Oc2ccc3nc(NC(=O)c4ccco4)[nH]c3c2)cc1)Nc1cc(C(F)(F)F)ccc1F. The average molecular weight is 576 g/mol. The van der Waals surface area contributed by atoms with Crippen molar-refractivity contribution in [3.8, 4) is 11.5 Å². The Morgan fingerprint density at radius 3 is 2.35 bits per heavy atom. The fraction of sp³-hybridized carbons (Fsp3) is 0.0385. The molecular weight excluding hydrogens is 558 g/mol. The fourth-order valence-electron chi connectivity index (χ4n) is 3.51. The van der Waals surface area contributed by atoms with Gasteiger partial charge in [-0.15, -0.1) is 12.4 Å². The maximum atomic E-state index is 13.9. The minimum absolute atomic E-state index is 0. The summed E-state index contributed by atoms with van der Waals surface area (Å²) in [4.78, 5) is 31.6. The molecule has 0 aliphatic rings. The Balaban J connectivity index is 0.00000370. The lowest BCUT2D eigenvalue weighted by atomic mass is 10.2. The molecule has 3 aromatic carbocycles.